The maximum absolute atomic E-state index is 12.5. The molecule has 0 radical (unpaired) electrons. The van der Waals surface area contributed by atoms with E-state index in [2.05, 4.69) is 29.6 Å². The van der Waals surface area contributed by atoms with Gasteiger partial charge in [-0.05, 0) is 36.5 Å². The summed E-state index contributed by atoms with van der Waals surface area (Å²) in [6, 6.07) is 20.7. The zero-order chi connectivity index (χ0) is 16.8. The molecule has 0 saturated heterocycles. The van der Waals surface area contributed by atoms with Gasteiger partial charge in [0.25, 0.3) is 0 Å². The predicted molar refractivity (Wildman–Crippen MR) is 96.5 cm³/mol. The number of rotatable bonds is 5. The van der Waals surface area contributed by atoms with Gasteiger partial charge in [-0.15, -0.1) is 0 Å². The molecule has 124 valence electrons. The first-order valence-corrected chi connectivity index (χ1v) is 8.49. The van der Waals surface area contributed by atoms with E-state index in [9.17, 15) is 4.79 Å². The van der Waals surface area contributed by atoms with Crippen molar-refractivity contribution in [3.05, 3.63) is 77.4 Å². The van der Waals surface area contributed by atoms with Crippen LogP contribution >= 0.6 is 0 Å². The second-order valence-corrected chi connectivity index (χ2v) is 6.02. The van der Waals surface area contributed by atoms with Crippen LogP contribution in [-0.2, 0) is 16.0 Å². The molecular formula is C21H23NO2. The van der Waals surface area contributed by atoms with E-state index in [1.807, 2.05) is 43.3 Å². The third-order valence-electron chi connectivity index (χ3n) is 4.35. The highest BCUT2D eigenvalue weighted by Crippen LogP contribution is 2.27. The number of hydrogen-bond acceptors (Lipinski definition) is 3. The molecule has 3 heteroatoms. The number of nitrogens with one attached hydrogen (secondary N) is 1. The van der Waals surface area contributed by atoms with E-state index in [4.69, 9.17) is 4.74 Å². The van der Waals surface area contributed by atoms with Crippen molar-refractivity contribution in [1.82, 2.24) is 5.32 Å². The minimum Gasteiger partial charge on any atom is -0.463 e. The molecule has 0 aliphatic carbocycles. The highest BCUT2D eigenvalue weighted by molar-refractivity contribution is 5.98. The van der Waals surface area contributed by atoms with Crippen LogP contribution in [0.1, 0.15) is 24.5 Å². The number of ether oxygens (including phenoxy) is 1. The monoisotopic (exact) mass is 321 g/mol. The summed E-state index contributed by atoms with van der Waals surface area (Å²) < 4.78 is 5.31. The van der Waals surface area contributed by atoms with Gasteiger partial charge in [0, 0.05) is 18.2 Å². The average molecular weight is 321 g/mol. The van der Waals surface area contributed by atoms with E-state index >= 15 is 0 Å². The van der Waals surface area contributed by atoms with Crippen LogP contribution in [0, 0.1) is 0 Å². The summed E-state index contributed by atoms with van der Waals surface area (Å²) in [6.45, 7) is 2.94. The minimum atomic E-state index is -0.184. The largest absolute Gasteiger partial charge is 0.463 e. The van der Waals surface area contributed by atoms with Crippen LogP contribution in [0.4, 0.5) is 0 Å². The molecule has 1 aliphatic heterocycles. The Balaban J connectivity index is 1.84. The first kappa shape index (κ1) is 16.5. The van der Waals surface area contributed by atoms with Crippen molar-refractivity contribution in [3.8, 4) is 0 Å². The molecule has 0 bridgehead atoms. The maximum Gasteiger partial charge on any atom is 0.334 e. The van der Waals surface area contributed by atoms with Crippen LogP contribution < -0.4 is 5.32 Å². The quantitative estimate of drug-likeness (QED) is 0.855. The van der Waals surface area contributed by atoms with E-state index in [-0.39, 0.29) is 12.0 Å². The standard InChI is InChI=1S/C21H23NO2/c1-2-24-21(23)19-14-18(13-16-9-5-3-6-10-16)22-15-20(19)17-11-7-4-8-12-17/h3-12,18,22H,2,13-15H2,1H3. The van der Waals surface area contributed by atoms with E-state index in [1.54, 1.807) is 0 Å². The fourth-order valence-electron chi connectivity index (χ4n) is 3.18. The van der Waals surface area contributed by atoms with Crippen LogP contribution in [-0.4, -0.2) is 25.2 Å². The fourth-order valence-corrected chi connectivity index (χ4v) is 3.18. The second kappa shape index (κ2) is 7.93. The van der Waals surface area contributed by atoms with Crippen molar-refractivity contribution in [2.24, 2.45) is 0 Å². The van der Waals surface area contributed by atoms with Gasteiger partial charge < -0.3 is 10.1 Å². The van der Waals surface area contributed by atoms with Crippen LogP contribution in [0.5, 0.6) is 0 Å². The average Bonchev–Trinajstić information content (AvgIpc) is 2.63. The second-order valence-electron chi connectivity index (χ2n) is 6.02. The Morgan fingerprint density at radius 1 is 1.08 bits per heavy atom. The molecule has 1 heterocycles. The first-order valence-electron chi connectivity index (χ1n) is 8.49. The number of benzene rings is 2. The number of esters is 1. The van der Waals surface area contributed by atoms with E-state index in [0.29, 0.717) is 19.6 Å². The van der Waals surface area contributed by atoms with Crippen molar-refractivity contribution in [2.45, 2.75) is 25.8 Å². The SMILES string of the molecule is CCOC(=O)C1=C(c2ccccc2)CNC(Cc2ccccc2)C1. The normalized spacial score (nSPS) is 17.6. The summed E-state index contributed by atoms with van der Waals surface area (Å²) in [7, 11) is 0. The fraction of sp³-hybridized carbons (Fsp3) is 0.286. The Morgan fingerprint density at radius 3 is 2.42 bits per heavy atom. The number of carbonyl (C=O) groups is 1. The lowest BCUT2D eigenvalue weighted by molar-refractivity contribution is -0.138. The van der Waals surface area contributed by atoms with Crippen molar-refractivity contribution < 1.29 is 9.53 Å². The van der Waals surface area contributed by atoms with Gasteiger partial charge >= 0.3 is 5.97 Å². The molecule has 3 rings (SSSR count). The molecule has 1 N–H and O–H groups in total. The highest BCUT2D eigenvalue weighted by Gasteiger charge is 2.26. The van der Waals surface area contributed by atoms with Gasteiger partial charge in [0.05, 0.1) is 6.61 Å². The Hall–Kier alpha value is -2.39. The van der Waals surface area contributed by atoms with Crippen LogP contribution in [0.15, 0.2) is 66.2 Å². The van der Waals surface area contributed by atoms with E-state index in [0.717, 1.165) is 23.1 Å². The van der Waals surface area contributed by atoms with Gasteiger partial charge in [-0.1, -0.05) is 60.7 Å². The van der Waals surface area contributed by atoms with E-state index < -0.39 is 0 Å². The third kappa shape index (κ3) is 3.92. The molecule has 24 heavy (non-hydrogen) atoms. The molecule has 0 aromatic heterocycles. The molecule has 3 nitrogen and oxygen atoms in total. The lowest BCUT2D eigenvalue weighted by Crippen LogP contribution is -2.38. The Labute approximate surface area is 143 Å². The lowest BCUT2D eigenvalue weighted by Gasteiger charge is -2.28. The zero-order valence-corrected chi connectivity index (χ0v) is 14.0. The van der Waals surface area contributed by atoms with Gasteiger partial charge in [0.15, 0.2) is 0 Å². The van der Waals surface area contributed by atoms with Gasteiger partial charge in [0.2, 0.25) is 0 Å². The van der Waals surface area contributed by atoms with Crippen molar-refractivity contribution >= 4 is 11.5 Å². The zero-order valence-electron chi connectivity index (χ0n) is 14.0. The summed E-state index contributed by atoms with van der Waals surface area (Å²) >= 11 is 0. The topological polar surface area (TPSA) is 38.3 Å². The Bertz CT molecular complexity index is 707. The van der Waals surface area contributed by atoms with Crippen molar-refractivity contribution in [2.75, 3.05) is 13.2 Å². The molecular weight excluding hydrogens is 298 g/mol. The molecule has 0 spiro atoms. The molecule has 0 fully saturated rings. The van der Waals surface area contributed by atoms with Crippen molar-refractivity contribution in [3.63, 3.8) is 0 Å². The summed E-state index contributed by atoms with van der Waals surface area (Å²) in [5.41, 5.74) is 4.23. The molecule has 1 unspecified atom stereocenters. The Morgan fingerprint density at radius 2 is 1.75 bits per heavy atom. The summed E-state index contributed by atoms with van der Waals surface area (Å²) in [5, 5.41) is 3.58. The summed E-state index contributed by atoms with van der Waals surface area (Å²) in [4.78, 5) is 12.5. The van der Waals surface area contributed by atoms with Crippen LogP contribution in [0.25, 0.3) is 5.57 Å². The minimum absolute atomic E-state index is 0.184. The molecule has 2 aromatic rings. The number of carbonyl (C=O) groups excluding carboxylic acids is 1. The smallest absolute Gasteiger partial charge is 0.334 e. The molecule has 0 amide bonds. The highest BCUT2D eigenvalue weighted by atomic mass is 16.5. The maximum atomic E-state index is 12.5. The summed E-state index contributed by atoms with van der Waals surface area (Å²) in [5.74, 6) is -0.184. The van der Waals surface area contributed by atoms with Crippen molar-refractivity contribution in [1.29, 1.82) is 0 Å². The van der Waals surface area contributed by atoms with Crippen LogP contribution in [0.3, 0.4) is 0 Å². The third-order valence-corrected chi connectivity index (χ3v) is 4.35. The molecule has 1 aliphatic rings. The molecule has 1 atom stereocenters. The predicted octanol–water partition coefficient (Wildman–Crippen LogP) is 3.61. The number of hydrogen-bond donors (Lipinski definition) is 1. The molecule has 0 saturated carbocycles. The van der Waals surface area contributed by atoms with Gasteiger partial charge in [0.1, 0.15) is 0 Å². The van der Waals surface area contributed by atoms with Gasteiger partial charge in [-0.2, -0.15) is 0 Å². The Kier molecular flexibility index (Phi) is 5.44. The van der Waals surface area contributed by atoms with Crippen LogP contribution in [0.2, 0.25) is 0 Å². The van der Waals surface area contributed by atoms with E-state index in [1.165, 1.54) is 5.56 Å². The van der Waals surface area contributed by atoms with Gasteiger partial charge in [-0.25, -0.2) is 4.79 Å². The lowest BCUT2D eigenvalue weighted by atomic mass is 9.89. The van der Waals surface area contributed by atoms with Gasteiger partial charge in [-0.3, -0.25) is 0 Å². The molecule has 2 aromatic carbocycles. The summed E-state index contributed by atoms with van der Waals surface area (Å²) in [6.07, 6.45) is 1.60. The first-order chi connectivity index (χ1) is 11.8.